The number of anilines is 1. The molecule has 2 saturated carbocycles. The van der Waals surface area contributed by atoms with Crippen molar-refractivity contribution in [3.8, 4) is 11.6 Å². The third kappa shape index (κ3) is 3.66. The molecule has 0 bridgehead atoms. The smallest absolute Gasteiger partial charge is 0.388 e. The van der Waals surface area contributed by atoms with Gasteiger partial charge in [-0.15, -0.1) is 0 Å². The first-order valence-electron chi connectivity index (χ1n) is 9.81. The van der Waals surface area contributed by atoms with Gasteiger partial charge in [0.1, 0.15) is 11.5 Å². The number of hydrogen-bond acceptors (Lipinski definition) is 5. The molecule has 0 amide bonds. The number of rotatable bonds is 7. The molecule has 8 heteroatoms. The lowest BCUT2D eigenvalue weighted by Crippen LogP contribution is -2.25. The average molecular weight is 398 g/mol. The maximum Gasteiger partial charge on any atom is 0.388 e. The summed E-state index contributed by atoms with van der Waals surface area (Å²) in [6.07, 6.45) is 5.93. The van der Waals surface area contributed by atoms with Crippen LogP contribution in [0.2, 0.25) is 0 Å². The van der Waals surface area contributed by atoms with Gasteiger partial charge in [-0.1, -0.05) is 6.07 Å². The van der Waals surface area contributed by atoms with Crippen molar-refractivity contribution in [1.82, 2.24) is 14.5 Å². The standard InChI is InChI=1S/C21H20F2N4O2/c22-20(23)29-19-16(2-1-9-24-19)27-17-10-14(13-5-6-13)7-8-15(17)18(26-21(27)28)25-11-12-3-4-12/h1-2,7-10,12-13,20H,3-6,11H2,(H,25,26,28). The van der Waals surface area contributed by atoms with Crippen molar-refractivity contribution >= 4 is 16.7 Å². The molecule has 29 heavy (non-hydrogen) atoms. The van der Waals surface area contributed by atoms with Gasteiger partial charge < -0.3 is 10.1 Å². The predicted molar refractivity (Wildman–Crippen MR) is 105 cm³/mol. The molecule has 0 radical (unpaired) electrons. The van der Waals surface area contributed by atoms with Crippen molar-refractivity contribution in [1.29, 1.82) is 0 Å². The Kier molecular flexibility index (Phi) is 4.41. The minimum Gasteiger partial charge on any atom is -0.415 e. The number of aromatic nitrogens is 3. The number of nitrogens with one attached hydrogen (secondary N) is 1. The summed E-state index contributed by atoms with van der Waals surface area (Å²) >= 11 is 0. The summed E-state index contributed by atoms with van der Waals surface area (Å²) < 4.78 is 31.6. The van der Waals surface area contributed by atoms with Gasteiger partial charge in [-0.2, -0.15) is 13.8 Å². The van der Waals surface area contributed by atoms with Gasteiger partial charge in [-0.3, -0.25) is 4.57 Å². The molecule has 150 valence electrons. The maximum atomic E-state index is 13.0. The van der Waals surface area contributed by atoms with Gasteiger partial charge in [0.05, 0.1) is 5.52 Å². The number of ether oxygens (including phenoxy) is 1. The van der Waals surface area contributed by atoms with Gasteiger partial charge in [0.25, 0.3) is 0 Å². The number of fused-ring (bicyclic) bond motifs is 1. The van der Waals surface area contributed by atoms with Crippen LogP contribution in [0.4, 0.5) is 14.6 Å². The summed E-state index contributed by atoms with van der Waals surface area (Å²) in [5.41, 5.74) is 1.33. The average Bonchev–Trinajstić information content (AvgIpc) is 3.60. The highest BCUT2D eigenvalue weighted by atomic mass is 19.3. The van der Waals surface area contributed by atoms with Crippen LogP contribution in [-0.4, -0.2) is 27.7 Å². The van der Waals surface area contributed by atoms with E-state index in [0.717, 1.165) is 30.3 Å². The highest BCUT2D eigenvalue weighted by molar-refractivity contribution is 5.91. The van der Waals surface area contributed by atoms with E-state index in [1.165, 1.54) is 29.7 Å². The Balaban J connectivity index is 1.70. The molecule has 6 nitrogen and oxygen atoms in total. The predicted octanol–water partition coefficient (Wildman–Crippen LogP) is 4.08. The largest absolute Gasteiger partial charge is 0.415 e. The SMILES string of the molecule is O=c1nc(NCC2CC2)c2ccc(C3CC3)cc2n1-c1cccnc1OC(F)F. The molecule has 0 unspecified atom stereocenters. The fourth-order valence-electron chi connectivity index (χ4n) is 3.57. The van der Waals surface area contributed by atoms with Crippen molar-refractivity contribution in [2.75, 3.05) is 11.9 Å². The second kappa shape index (κ2) is 7.09. The topological polar surface area (TPSA) is 69.0 Å². The van der Waals surface area contributed by atoms with Crippen LogP contribution in [-0.2, 0) is 0 Å². The number of nitrogens with zero attached hydrogens (tertiary/aromatic N) is 3. The lowest BCUT2D eigenvalue weighted by atomic mass is 10.1. The molecule has 0 atom stereocenters. The van der Waals surface area contributed by atoms with E-state index in [1.807, 2.05) is 12.1 Å². The van der Waals surface area contributed by atoms with Crippen LogP contribution < -0.4 is 15.7 Å². The summed E-state index contributed by atoms with van der Waals surface area (Å²) in [5, 5.41) is 4.05. The molecule has 5 rings (SSSR count). The number of hydrogen-bond donors (Lipinski definition) is 1. The van der Waals surface area contributed by atoms with Crippen molar-refractivity contribution in [3.05, 3.63) is 52.6 Å². The number of halogens is 2. The normalized spacial score (nSPS) is 16.4. The van der Waals surface area contributed by atoms with E-state index in [9.17, 15) is 13.6 Å². The molecule has 2 aromatic heterocycles. The van der Waals surface area contributed by atoms with Crippen molar-refractivity contribution < 1.29 is 13.5 Å². The third-order valence-corrected chi connectivity index (χ3v) is 5.41. The van der Waals surface area contributed by atoms with Gasteiger partial charge in [-0.05, 0) is 67.3 Å². The Hall–Kier alpha value is -3.03. The molecule has 2 aliphatic rings. The first-order chi connectivity index (χ1) is 14.1. The quantitative estimate of drug-likeness (QED) is 0.649. The summed E-state index contributed by atoms with van der Waals surface area (Å²) in [4.78, 5) is 21.1. The Bertz CT molecular complexity index is 1120. The van der Waals surface area contributed by atoms with Gasteiger partial charge in [-0.25, -0.2) is 9.78 Å². The Morgan fingerprint density at radius 2 is 2.03 bits per heavy atom. The summed E-state index contributed by atoms with van der Waals surface area (Å²) in [7, 11) is 0. The van der Waals surface area contributed by atoms with E-state index in [2.05, 4.69) is 26.1 Å². The van der Waals surface area contributed by atoms with Gasteiger partial charge in [0.2, 0.25) is 5.88 Å². The lowest BCUT2D eigenvalue weighted by Gasteiger charge is -2.16. The first kappa shape index (κ1) is 18.0. The van der Waals surface area contributed by atoms with Gasteiger partial charge in [0.15, 0.2) is 0 Å². The fraction of sp³-hybridized carbons (Fsp3) is 0.381. The van der Waals surface area contributed by atoms with Gasteiger partial charge in [0, 0.05) is 18.1 Å². The summed E-state index contributed by atoms with van der Waals surface area (Å²) in [5.74, 6) is 1.31. The summed E-state index contributed by atoms with van der Waals surface area (Å²) in [6, 6.07) is 9.07. The lowest BCUT2D eigenvalue weighted by molar-refractivity contribution is -0.0528. The molecule has 2 heterocycles. The van der Waals surface area contributed by atoms with Crippen LogP contribution in [0.1, 0.15) is 37.2 Å². The number of pyridine rings is 1. The van der Waals surface area contributed by atoms with Crippen molar-refractivity contribution in [2.24, 2.45) is 5.92 Å². The number of alkyl halides is 2. The van der Waals surface area contributed by atoms with Gasteiger partial charge >= 0.3 is 12.3 Å². The van der Waals surface area contributed by atoms with E-state index in [4.69, 9.17) is 0 Å². The Morgan fingerprint density at radius 3 is 2.76 bits per heavy atom. The van der Waals surface area contributed by atoms with Crippen LogP contribution in [0, 0.1) is 5.92 Å². The van der Waals surface area contributed by atoms with Crippen molar-refractivity contribution in [2.45, 2.75) is 38.2 Å². The second-order valence-electron chi connectivity index (χ2n) is 7.66. The Morgan fingerprint density at radius 1 is 1.21 bits per heavy atom. The molecule has 3 aromatic rings. The van der Waals surface area contributed by atoms with Crippen molar-refractivity contribution in [3.63, 3.8) is 0 Å². The van der Waals surface area contributed by atoms with Crippen LogP contribution in [0.15, 0.2) is 41.3 Å². The molecular weight excluding hydrogens is 378 g/mol. The third-order valence-electron chi connectivity index (χ3n) is 5.41. The molecule has 2 aliphatic carbocycles. The van der Waals surface area contributed by atoms with E-state index in [-0.39, 0.29) is 11.6 Å². The fourth-order valence-corrected chi connectivity index (χ4v) is 3.57. The maximum absolute atomic E-state index is 13.0. The molecule has 2 fully saturated rings. The monoisotopic (exact) mass is 398 g/mol. The zero-order chi connectivity index (χ0) is 20.0. The zero-order valence-corrected chi connectivity index (χ0v) is 15.6. The number of benzene rings is 1. The minimum absolute atomic E-state index is 0.150. The highest BCUT2D eigenvalue weighted by Crippen LogP contribution is 2.41. The highest BCUT2D eigenvalue weighted by Gasteiger charge is 2.26. The molecule has 1 aromatic carbocycles. The Labute approximate surface area is 165 Å². The van der Waals surface area contributed by atoms with E-state index >= 15 is 0 Å². The molecule has 1 N–H and O–H groups in total. The first-order valence-corrected chi connectivity index (χ1v) is 9.81. The van der Waals surface area contributed by atoms with Crippen LogP contribution >= 0.6 is 0 Å². The molecular formula is C21H20F2N4O2. The minimum atomic E-state index is -3.04. The van der Waals surface area contributed by atoms with Crippen LogP contribution in [0.5, 0.6) is 5.88 Å². The second-order valence-corrected chi connectivity index (χ2v) is 7.66. The molecule has 0 saturated heterocycles. The van der Waals surface area contributed by atoms with E-state index in [1.54, 1.807) is 6.07 Å². The molecule has 0 aliphatic heterocycles. The van der Waals surface area contributed by atoms with Crippen LogP contribution in [0.3, 0.4) is 0 Å². The van der Waals surface area contributed by atoms with Crippen LogP contribution in [0.25, 0.3) is 16.6 Å². The van der Waals surface area contributed by atoms with E-state index in [0.29, 0.717) is 23.2 Å². The summed E-state index contributed by atoms with van der Waals surface area (Å²) in [6.45, 7) is -2.28. The molecule has 0 spiro atoms. The zero-order valence-electron chi connectivity index (χ0n) is 15.6. The van der Waals surface area contributed by atoms with E-state index < -0.39 is 12.3 Å².